The molecule has 6 heteroatoms. The zero-order valence-electron chi connectivity index (χ0n) is 9.48. The molecule has 1 aliphatic rings. The number of benzene rings is 1. The largest absolute Gasteiger partial charge is 0.479 e. The Morgan fingerprint density at radius 3 is 2.67 bits per heavy atom. The van der Waals surface area contributed by atoms with E-state index in [9.17, 15) is 19.1 Å². The second kappa shape index (κ2) is 4.97. The Morgan fingerprint density at radius 2 is 2.11 bits per heavy atom. The van der Waals surface area contributed by atoms with Crippen LogP contribution in [0.2, 0.25) is 0 Å². The van der Waals surface area contributed by atoms with Crippen LogP contribution in [0.15, 0.2) is 24.3 Å². The van der Waals surface area contributed by atoms with Crippen LogP contribution in [0, 0.1) is 5.82 Å². The summed E-state index contributed by atoms with van der Waals surface area (Å²) < 4.78 is 13.4. The van der Waals surface area contributed by atoms with E-state index in [4.69, 9.17) is 0 Å². The highest BCUT2D eigenvalue weighted by Gasteiger charge is 2.43. The maximum atomic E-state index is 13.4. The van der Waals surface area contributed by atoms with E-state index in [1.807, 2.05) is 0 Å². The van der Waals surface area contributed by atoms with Crippen LogP contribution < -0.4 is 5.32 Å². The van der Waals surface area contributed by atoms with Crippen molar-refractivity contribution in [1.82, 2.24) is 5.32 Å². The Kier molecular flexibility index (Phi) is 3.56. The Hall–Kier alpha value is -1.56. The molecule has 1 saturated heterocycles. The molecular formula is C12H12FNO3S. The normalized spacial score (nSPS) is 22.7. The molecule has 4 nitrogen and oxygen atoms in total. The number of rotatable bonds is 3. The summed E-state index contributed by atoms with van der Waals surface area (Å²) in [5, 5.41) is 11.7. The third kappa shape index (κ3) is 2.33. The predicted octanol–water partition coefficient (Wildman–Crippen LogP) is 1.52. The average molecular weight is 269 g/mol. The van der Waals surface area contributed by atoms with Gasteiger partial charge in [-0.2, -0.15) is 11.8 Å². The first-order valence-corrected chi connectivity index (χ1v) is 6.59. The van der Waals surface area contributed by atoms with Crippen LogP contribution in [-0.4, -0.2) is 34.0 Å². The van der Waals surface area contributed by atoms with Crippen molar-refractivity contribution in [2.24, 2.45) is 0 Å². The molecule has 96 valence electrons. The quantitative estimate of drug-likeness (QED) is 0.873. The fraction of sp³-hybridized carbons (Fsp3) is 0.333. The van der Waals surface area contributed by atoms with Crippen LogP contribution in [0.4, 0.5) is 4.39 Å². The lowest BCUT2D eigenvalue weighted by molar-refractivity contribution is -0.143. The van der Waals surface area contributed by atoms with E-state index in [1.165, 1.54) is 36.0 Å². The van der Waals surface area contributed by atoms with E-state index < -0.39 is 23.2 Å². The molecule has 0 aliphatic carbocycles. The molecule has 2 N–H and O–H groups in total. The number of hydrogen-bond donors (Lipinski definition) is 2. The lowest BCUT2D eigenvalue weighted by Crippen LogP contribution is -2.54. The minimum Gasteiger partial charge on any atom is -0.479 e. The maximum Gasteiger partial charge on any atom is 0.330 e. The highest BCUT2D eigenvalue weighted by Crippen LogP contribution is 2.28. The molecule has 0 spiro atoms. The summed E-state index contributed by atoms with van der Waals surface area (Å²) in [4.78, 5) is 23.2. The Bertz CT molecular complexity index is 486. The molecule has 1 fully saturated rings. The molecule has 1 aliphatic heterocycles. The van der Waals surface area contributed by atoms with Gasteiger partial charge in [0.1, 0.15) is 11.4 Å². The number of carbonyl (C=O) groups excluding carboxylic acids is 1. The molecule has 1 aromatic carbocycles. The highest BCUT2D eigenvalue weighted by molar-refractivity contribution is 7.99. The molecule has 1 amide bonds. The van der Waals surface area contributed by atoms with Crippen LogP contribution >= 0.6 is 11.8 Å². The van der Waals surface area contributed by atoms with Crippen molar-refractivity contribution in [2.45, 2.75) is 12.0 Å². The van der Waals surface area contributed by atoms with Crippen molar-refractivity contribution in [3.8, 4) is 0 Å². The number of carboxylic acids is 1. The highest BCUT2D eigenvalue weighted by atomic mass is 32.2. The van der Waals surface area contributed by atoms with E-state index in [2.05, 4.69) is 5.32 Å². The van der Waals surface area contributed by atoms with Gasteiger partial charge in [0.15, 0.2) is 0 Å². The van der Waals surface area contributed by atoms with Gasteiger partial charge in [0.05, 0.1) is 5.56 Å². The van der Waals surface area contributed by atoms with Crippen molar-refractivity contribution >= 4 is 23.6 Å². The number of carboxylic acid groups (broad SMARTS) is 1. The summed E-state index contributed by atoms with van der Waals surface area (Å²) in [6.45, 7) is 0. The molecular weight excluding hydrogens is 257 g/mol. The van der Waals surface area contributed by atoms with E-state index in [0.29, 0.717) is 17.9 Å². The molecule has 0 aromatic heterocycles. The predicted molar refractivity (Wildman–Crippen MR) is 66.2 cm³/mol. The van der Waals surface area contributed by atoms with E-state index in [0.717, 1.165) is 0 Å². The van der Waals surface area contributed by atoms with Gasteiger partial charge >= 0.3 is 5.97 Å². The number of nitrogens with one attached hydrogen (secondary N) is 1. The average Bonchev–Trinajstić information content (AvgIpc) is 2.79. The van der Waals surface area contributed by atoms with Crippen molar-refractivity contribution in [3.05, 3.63) is 35.6 Å². The van der Waals surface area contributed by atoms with Crippen molar-refractivity contribution < 1.29 is 19.1 Å². The summed E-state index contributed by atoms with van der Waals surface area (Å²) in [7, 11) is 0. The summed E-state index contributed by atoms with van der Waals surface area (Å²) in [5.41, 5.74) is -1.40. The molecule has 18 heavy (non-hydrogen) atoms. The molecule has 2 rings (SSSR count). The second-order valence-corrected chi connectivity index (χ2v) is 5.23. The third-order valence-electron chi connectivity index (χ3n) is 2.90. The number of hydrogen-bond acceptors (Lipinski definition) is 3. The minimum atomic E-state index is -1.27. The number of aliphatic carboxylic acids is 1. The Morgan fingerprint density at radius 1 is 1.39 bits per heavy atom. The van der Waals surface area contributed by atoms with Gasteiger partial charge in [0, 0.05) is 5.75 Å². The summed E-state index contributed by atoms with van der Waals surface area (Å²) >= 11 is 1.46. The lowest BCUT2D eigenvalue weighted by atomic mass is 9.98. The van der Waals surface area contributed by atoms with Crippen molar-refractivity contribution in [1.29, 1.82) is 0 Å². The molecule has 0 saturated carbocycles. The van der Waals surface area contributed by atoms with Crippen molar-refractivity contribution in [3.63, 3.8) is 0 Å². The van der Waals surface area contributed by atoms with Crippen LogP contribution in [0.25, 0.3) is 0 Å². The molecule has 1 heterocycles. The summed E-state index contributed by atoms with van der Waals surface area (Å²) in [6.07, 6.45) is 0.354. The Labute approximate surface area is 108 Å². The summed E-state index contributed by atoms with van der Waals surface area (Å²) in [6, 6.07) is 5.52. The third-order valence-corrected chi connectivity index (χ3v) is 4.09. The Balaban J connectivity index is 2.21. The van der Waals surface area contributed by atoms with E-state index >= 15 is 0 Å². The van der Waals surface area contributed by atoms with Crippen LogP contribution in [0.5, 0.6) is 0 Å². The fourth-order valence-electron chi connectivity index (χ4n) is 1.82. The molecule has 1 unspecified atom stereocenters. The summed E-state index contributed by atoms with van der Waals surface area (Å²) in [5.74, 6) is -1.43. The number of amides is 1. The van der Waals surface area contributed by atoms with Crippen LogP contribution in [0.1, 0.15) is 16.8 Å². The monoisotopic (exact) mass is 269 g/mol. The number of halogens is 1. The van der Waals surface area contributed by atoms with Gasteiger partial charge < -0.3 is 10.4 Å². The van der Waals surface area contributed by atoms with Gasteiger partial charge in [-0.15, -0.1) is 0 Å². The first-order chi connectivity index (χ1) is 8.55. The lowest BCUT2D eigenvalue weighted by Gasteiger charge is -2.24. The molecule has 0 radical (unpaired) electrons. The van der Waals surface area contributed by atoms with Crippen LogP contribution in [0.3, 0.4) is 0 Å². The first kappa shape index (κ1) is 12.9. The second-order valence-electron chi connectivity index (χ2n) is 4.12. The fourth-order valence-corrected chi connectivity index (χ4v) is 3.14. The topological polar surface area (TPSA) is 66.4 Å². The zero-order valence-corrected chi connectivity index (χ0v) is 10.3. The minimum absolute atomic E-state index is 0.130. The van der Waals surface area contributed by atoms with Crippen LogP contribution in [-0.2, 0) is 4.79 Å². The molecule has 1 aromatic rings. The zero-order chi connectivity index (χ0) is 13.2. The van der Waals surface area contributed by atoms with Gasteiger partial charge in [0.2, 0.25) is 0 Å². The maximum absolute atomic E-state index is 13.4. The SMILES string of the molecule is O=C(NC1(C(=O)O)CCSC1)c1ccccc1F. The van der Waals surface area contributed by atoms with Gasteiger partial charge in [-0.05, 0) is 24.3 Å². The van der Waals surface area contributed by atoms with Crippen molar-refractivity contribution in [2.75, 3.05) is 11.5 Å². The smallest absolute Gasteiger partial charge is 0.330 e. The first-order valence-electron chi connectivity index (χ1n) is 5.43. The van der Waals surface area contributed by atoms with Gasteiger partial charge in [0.25, 0.3) is 5.91 Å². The number of carbonyl (C=O) groups is 2. The van der Waals surface area contributed by atoms with Gasteiger partial charge in [-0.3, -0.25) is 4.79 Å². The van der Waals surface area contributed by atoms with E-state index in [1.54, 1.807) is 0 Å². The van der Waals surface area contributed by atoms with Gasteiger partial charge in [-0.25, -0.2) is 9.18 Å². The molecule has 0 bridgehead atoms. The van der Waals surface area contributed by atoms with Gasteiger partial charge in [-0.1, -0.05) is 12.1 Å². The van der Waals surface area contributed by atoms with E-state index in [-0.39, 0.29) is 5.56 Å². The number of thioether (sulfide) groups is 1. The standard InChI is InChI=1S/C12H12FNO3S/c13-9-4-2-1-3-8(9)10(15)14-12(11(16)17)5-6-18-7-12/h1-4H,5-7H2,(H,14,15)(H,16,17). The molecule has 1 atom stereocenters.